The van der Waals surface area contributed by atoms with Gasteiger partial charge in [-0.15, -0.1) is 0 Å². The molecule has 0 saturated carbocycles. The number of nitrogens with zero attached hydrogens (tertiary/aromatic N) is 4. The van der Waals surface area contributed by atoms with E-state index in [0.717, 1.165) is 32.7 Å². The quantitative estimate of drug-likeness (QED) is 0.766. The van der Waals surface area contributed by atoms with Crippen molar-refractivity contribution in [1.82, 2.24) is 24.9 Å². The molecule has 1 aliphatic heterocycles. The molecule has 1 amide bonds. The van der Waals surface area contributed by atoms with E-state index in [4.69, 9.17) is 0 Å². The highest BCUT2D eigenvalue weighted by molar-refractivity contribution is 5.92. The summed E-state index contributed by atoms with van der Waals surface area (Å²) < 4.78 is 0. The molecule has 124 valence electrons. The first-order valence-electron chi connectivity index (χ1n) is 8.05. The Morgan fingerprint density at radius 1 is 1.41 bits per heavy atom. The highest BCUT2D eigenvalue weighted by Crippen LogP contribution is 2.08. The zero-order valence-electron chi connectivity index (χ0n) is 13.5. The van der Waals surface area contributed by atoms with Crippen LogP contribution in [0.3, 0.4) is 0 Å². The van der Waals surface area contributed by atoms with Gasteiger partial charge in [0.05, 0.1) is 6.10 Å². The highest BCUT2D eigenvalue weighted by atomic mass is 16.3. The molecule has 2 rings (SSSR count). The van der Waals surface area contributed by atoms with Crippen LogP contribution in [0.5, 0.6) is 0 Å². The van der Waals surface area contributed by atoms with Gasteiger partial charge in [0, 0.05) is 45.5 Å². The zero-order valence-corrected chi connectivity index (χ0v) is 13.5. The number of hydrogen-bond acceptors (Lipinski definition) is 5. The van der Waals surface area contributed by atoms with Gasteiger partial charge in [-0.25, -0.2) is 0 Å². The third kappa shape index (κ3) is 4.53. The van der Waals surface area contributed by atoms with Crippen LogP contribution in [-0.4, -0.2) is 94.4 Å². The molecule has 1 aromatic rings. The Balaban J connectivity index is 1.88. The number of carbonyl (C=O) groups is 1. The largest absolute Gasteiger partial charge is 0.390 e. The van der Waals surface area contributed by atoms with Gasteiger partial charge in [0.15, 0.2) is 0 Å². The average molecular weight is 309 g/mol. The molecule has 0 aliphatic carbocycles. The Morgan fingerprint density at radius 3 is 2.82 bits per heavy atom. The van der Waals surface area contributed by atoms with Crippen molar-refractivity contribution in [2.45, 2.75) is 20.0 Å². The van der Waals surface area contributed by atoms with Gasteiger partial charge in [-0.3, -0.25) is 14.8 Å². The minimum Gasteiger partial charge on any atom is -0.390 e. The number of aliphatic hydroxyl groups excluding tert-OH is 1. The van der Waals surface area contributed by atoms with Crippen molar-refractivity contribution < 1.29 is 9.90 Å². The van der Waals surface area contributed by atoms with Gasteiger partial charge in [0.25, 0.3) is 5.91 Å². The van der Waals surface area contributed by atoms with E-state index in [9.17, 15) is 9.90 Å². The molecule has 7 heteroatoms. The van der Waals surface area contributed by atoms with Crippen molar-refractivity contribution in [1.29, 1.82) is 0 Å². The summed E-state index contributed by atoms with van der Waals surface area (Å²) in [5.41, 5.74) is 0.476. The van der Waals surface area contributed by atoms with E-state index in [2.05, 4.69) is 33.8 Å². The molecule has 1 fully saturated rings. The van der Waals surface area contributed by atoms with Crippen LogP contribution in [0.4, 0.5) is 0 Å². The monoisotopic (exact) mass is 309 g/mol. The molecule has 0 unspecified atom stereocenters. The zero-order chi connectivity index (χ0) is 15.9. The lowest BCUT2D eigenvalue weighted by Gasteiger charge is -2.25. The average Bonchev–Trinajstić information content (AvgIpc) is 2.98. The van der Waals surface area contributed by atoms with E-state index >= 15 is 0 Å². The number of carbonyl (C=O) groups excluding carboxylic acids is 1. The predicted octanol–water partition coefficient (Wildman–Crippen LogP) is -0.130. The predicted molar refractivity (Wildman–Crippen MR) is 84.7 cm³/mol. The Bertz CT molecular complexity index is 447. The van der Waals surface area contributed by atoms with E-state index in [-0.39, 0.29) is 5.91 Å². The molecule has 1 aliphatic rings. The second-order valence-electron chi connectivity index (χ2n) is 5.70. The number of nitrogens with one attached hydrogen (secondary N) is 1. The van der Waals surface area contributed by atoms with Crippen LogP contribution < -0.4 is 0 Å². The van der Waals surface area contributed by atoms with Crippen LogP contribution in [0.15, 0.2) is 12.3 Å². The number of aromatic amines is 1. The van der Waals surface area contributed by atoms with Crippen molar-refractivity contribution >= 4 is 5.91 Å². The van der Waals surface area contributed by atoms with Crippen LogP contribution in [0.25, 0.3) is 0 Å². The second-order valence-corrected chi connectivity index (χ2v) is 5.70. The minimum absolute atomic E-state index is 0.0952. The minimum atomic E-state index is -0.508. The summed E-state index contributed by atoms with van der Waals surface area (Å²) >= 11 is 0. The van der Waals surface area contributed by atoms with Crippen LogP contribution in [0, 0.1) is 0 Å². The summed E-state index contributed by atoms with van der Waals surface area (Å²) in [6.45, 7) is 10.7. The summed E-state index contributed by atoms with van der Waals surface area (Å²) in [6, 6.07) is 1.66. The lowest BCUT2D eigenvalue weighted by Crippen LogP contribution is -2.39. The Morgan fingerprint density at radius 2 is 2.18 bits per heavy atom. The van der Waals surface area contributed by atoms with Crippen molar-refractivity contribution in [3.8, 4) is 0 Å². The molecule has 2 heterocycles. The van der Waals surface area contributed by atoms with Gasteiger partial charge in [-0.1, -0.05) is 13.8 Å². The molecule has 0 bridgehead atoms. The van der Waals surface area contributed by atoms with E-state index in [1.165, 1.54) is 0 Å². The number of aromatic nitrogens is 2. The number of rotatable bonds is 6. The molecule has 7 nitrogen and oxygen atoms in total. The number of hydrogen-bond donors (Lipinski definition) is 2. The van der Waals surface area contributed by atoms with Crippen LogP contribution in [0.1, 0.15) is 24.3 Å². The molecule has 2 N–H and O–H groups in total. The molecule has 0 radical (unpaired) electrons. The van der Waals surface area contributed by atoms with E-state index in [0.29, 0.717) is 25.3 Å². The molecular weight excluding hydrogens is 282 g/mol. The molecular formula is C15H27N5O2. The lowest BCUT2D eigenvalue weighted by atomic mass is 10.3. The van der Waals surface area contributed by atoms with E-state index < -0.39 is 6.10 Å². The fourth-order valence-electron chi connectivity index (χ4n) is 2.81. The highest BCUT2D eigenvalue weighted by Gasteiger charge is 2.25. The normalized spacial score (nSPS) is 20.4. The van der Waals surface area contributed by atoms with E-state index in [1.807, 2.05) is 0 Å². The first-order valence-corrected chi connectivity index (χ1v) is 8.05. The summed E-state index contributed by atoms with van der Waals surface area (Å²) in [6.07, 6.45) is 1.06. The van der Waals surface area contributed by atoms with Gasteiger partial charge in [0.1, 0.15) is 5.69 Å². The standard InChI is InChI=1S/C15H27N5O2/c1-3-18(4-2)7-8-19-9-10-20(12-13(21)11-19)15(22)14-5-6-16-17-14/h5-6,13,21H,3-4,7-12H2,1-2H3,(H,16,17)/t13-/m1/s1. The number of β-amino-alcohol motifs (C(OH)–C–C–N with tert-alkyl or cyclic N) is 1. The smallest absolute Gasteiger partial charge is 0.271 e. The fraction of sp³-hybridized carbons (Fsp3) is 0.733. The summed E-state index contributed by atoms with van der Waals surface area (Å²) in [7, 11) is 0. The molecule has 22 heavy (non-hydrogen) atoms. The number of H-pyrrole nitrogens is 1. The molecule has 0 spiro atoms. The molecule has 0 aromatic carbocycles. The van der Waals surface area contributed by atoms with Crippen molar-refractivity contribution in [2.24, 2.45) is 0 Å². The van der Waals surface area contributed by atoms with Crippen molar-refractivity contribution in [2.75, 3.05) is 52.4 Å². The second kappa shape index (κ2) is 8.26. The number of amides is 1. The van der Waals surface area contributed by atoms with Crippen molar-refractivity contribution in [3.63, 3.8) is 0 Å². The maximum absolute atomic E-state index is 12.3. The SMILES string of the molecule is CCN(CC)CCN1CCN(C(=O)c2ccn[nH]2)C[C@H](O)C1. The van der Waals surface area contributed by atoms with Gasteiger partial charge in [0.2, 0.25) is 0 Å². The van der Waals surface area contributed by atoms with Gasteiger partial charge in [-0.2, -0.15) is 5.10 Å². The Kier molecular flexibility index (Phi) is 6.35. The third-order valence-electron chi connectivity index (χ3n) is 4.23. The molecule has 1 saturated heterocycles. The molecule has 1 atom stereocenters. The van der Waals surface area contributed by atoms with E-state index in [1.54, 1.807) is 17.2 Å². The number of aliphatic hydroxyl groups is 1. The van der Waals surface area contributed by atoms with Crippen LogP contribution in [-0.2, 0) is 0 Å². The van der Waals surface area contributed by atoms with Gasteiger partial charge >= 0.3 is 0 Å². The third-order valence-corrected chi connectivity index (χ3v) is 4.23. The lowest BCUT2D eigenvalue weighted by molar-refractivity contribution is 0.0657. The van der Waals surface area contributed by atoms with Gasteiger partial charge < -0.3 is 14.9 Å². The summed E-state index contributed by atoms with van der Waals surface area (Å²) in [5.74, 6) is -0.0952. The summed E-state index contributed by atoms with van der Waals surface area (Å²) in [5, 5.41) is 16.7. The molecule has 1 aromatic heterocycles. The Hall–Kier alpha value is -1.44. The first-order chi connectivity index (χ1) is 10.6. The topological polar surface area (TPSA) is 75.7 Å². The summed E-state index contributed by atoms with van der Waals surface area (Å²) in [4.78, 5) is 18.7. The first kappa shape index (κ1) is 16.9. The van der Waals surface area contributed by atoms with Crippen molar-refractivity contribution in [3.05, 3.63) is 18.0 Å². The van der Waals surface area contributed by atoms with Crippen LogP contribution in [0.2, 0.25) is 0 Å². The Labute approximate surface area is 131 Å². The van der Waals surface area contributed by atoms with Crippen LogP contribution >= 0.6 is 0 Å². The fourth-order valence-corrected chi connectivity index (χ4v) is 2.81. The van der Waals surface area contributed by atoms with Gasteiger partial charge in [-0.05, 0) is 19.2 Å². The maximum atomic E-state index is 12.3. The maximum Gasteiger partial charge on any atom is 0.271 e. The number of likely N-dealkylation sites (N-methyl/N-ethyl adjacent to an activating group) is 1.